The molecule has 0 aliphatic heterocycles. The predicted octanol–water partition coefficient (Wildman–Crippen LogP) is 4.53. The standard InChI is InChI=1S/C18H23NOS/c1-3-21-18-12-8-7-11-17(18)20-16(13-14-19-2)15-9-5-4-6-10-15/h4-12,16,19H,3,13-14H2,1-2H3. The zero-order chi connectivity index (χ0) is 14.9. The fourth-order valence-electron chi connectivity index (χ4n) is 2.21. The van der Waals surface area contributed by atoms with Gasteiger partial charge in [0.1, 0.15) is 11.9 Å². The van der Waals surface area contributed by atoms with Crippen LogP contribution < -0.4 is 10.1 Å². The van der Waals surface area contributed by atoms with Gasteiger partial charge in [-0.25, -0.2) is 0 Å². The maximum Gasteiger partial charge on any atom is 0.133 e. The van der Waals surface area contributed by atoms with E-state index in [1.165, 1.54) is 10.5 Å². The zero-order valence-corrected chi connectivity index (χ0v) is 13.5. The lowest BCUT2D eigenvalue weighted by molar-refractivity contribution is 0.190. The topological polar surface area (TPSA) is 21.3 Å². The molecule has 21 heavy (non-hydrogen) atoms. The Labute approximate surface area is 131 Å². The zero-order valence-electron chi connectivity index (χ0n) is 12.7. The van der Waals surface area contributed by atoms with E-state index >= 15 is 0 Å². The van der Waals surface area contributed by atoms with E-state index in [1.807, 2.05) is 30.9 Å². The number of nitrogens with one attached hydrogen (secondary N) is 1. The molecule has 1 N–H and O–H groups in total. The lowest BCUT2D eigenvalue weighted by Crippen LogP contribution is -2.16. The highest BCUT2D eigenvalue weighted by atomic mass is 32.2. The van der Waals surface area contributed by atoms with Gasteiger partial charge < -0.3 is 10.1 Å². The third kappa shape index (κ3) is 4.80. The average molecular weight is 301 g/mol. The maximum absolute atomic E-state index is 6.33. The molecule has 112 valence electrons. The van der Waals surface area contributed by atoms with Gasteiger partial charge in [0.15, 0.2) is 0 Å². The molecule has 3 heteroatoms. The monoisotopic (exact) mass is 301 g/mol. The smallest absolute Gasteiger partial charge is 0.133 e. The Morgan fingerprint density at radius 1 is 1.05 bits per heavy atom. The maximum atomic E-state index is 6.33. The number of hydrogen-bond acceptors (Lipinski definition) is 3. The summed E-state index contributed by atoms with van der Waals surface area (Å²) < 4.78 is 6.33. The fraction of sp³-hybridized carbons (Fsp3) is 0.333. The Kier molecular flexibility index (Phi) is 6.64. The second-order valence-electron chi connectivity index (χ2n) is 4.79. The quantitative estimate of drug-likeness (QED) is 0.724. The minimum atomic E-state index is 0.0808. The lowest BCUT2D eigenvalue weighted by atomic mass is 10.1. The molecule has 0 saturated carbocycles. The molecule has 0 radical (unpaired) electrons. The van der Waals surface area contributed by atoms with E-state index in [0.717, 1.165) is 24.5 Å². The van der Waals surface area contributed by atoms with Gasteiger partial charge in [0.25, 0.3) is 0 Å². The van der Waals surface area contributed by atoms with Crippen LogP contribution in [0.2, 0.25) is 0 Å². The average Bonchev–Trinajstić information content (AvgIpc) is 2.54. The summed E-state index contributed by atoms with van der Waals surface area (Å²) in [4.78, 5) is 1.21. The van der Waals surface area contributed by atoms with Crippen molar-refractivity contribution in [3.05, 3.63) is 60.2 Å². The Morgan fingerprint density at radius 3 is 2.48 bits per heavy atom. The van der Waals surface area contributed by atoms with E-state index in [1.54, 1.807) is 0 Å². The van der Waals surface area contributed by atoms with Crippen molar-refractivity contribution in [2.45, 2.75) is 24.3 Å². The molecule has 0 amide bonds. The Morgan fingerprint density at radius 2 is 1.76 bits per heavy atom. The van der Waals surface area contributed by atoms with Gasteiger partial charge >= 0.3 is 0 Å². The van der Waals surface area contributed by atoms with E-state index in [4.69, 9.17) is 4.74 Å². The highest BCUT2D eigenvalue weighted by Gasteiger charge is 2.14. The van der Waals surface area contributed by atoms with Crippen LogP contribution in [0.15, 0.2) is 59.5 Å². The van der Waals surface area contributed by atoms with Crippen molar-refractivity contribution in [2.24, 2.45) is 0 Å². The largest absolute Gasteiger partial charge is 0.485 e. The first-order valence-corrected chi connectivity index (χ1v) is 8.41. The van der Waals surface area contributed by atoms with Crippen LogP contribution in [0.4, 0.5) is 0 Å². The van der Waals surface area contributed by atoms with Crippen LogP contribution in [0, 0.1) is 0 Å². The van der Waals surface area contributed by atoms with Gasteiger partial charge in [-0.2, -0.15) is 0 Å². The van der Waals surface area contributed by atoms with Gasteiger partial charge in [-0.15, -0.1) is 11.8 Å². The third-order valence-electron chi connectivity index (χ3n) is 3.25. The van der Waals surface area contributed by atoms with Gasteiger partial charge in [-0.1, -0.05) is 49.4 Å². The summed E-state index contributed by atoms with van der Waals surface area (Å²) >= 11 is 1.82. The van der Waals surface area contributed by atoms with E-state index in [0.29, 0.717) is 0 Å². The van der Waals surface area contributed by atoms with Crippen molar-refractivity contribution >= 4 is 11.8 Å². The summed E-state index contributed by atoms with van der Waals surface area (Å²) in [6, 6.07) is 18.7. The SMILES string of the molecule is CCSc1ccccc1OC(CCNC)c1ccccc1. The first-order chi connectivity index (χ1) is 10.3. The molecule has 2 aromatic rings. The van der Waals surface area contributed by atoms with Crippen molar-refractivity contribution in [1.82, 2.24) is 5.32 Å². The Hall–Kier alpha value is -1.45. The molecule has 0 aliphatic rings. The summed E-state index contributed by atoms with van der Waals surface area (Å²) in [5.41, 5.74) is 1.23. The third-order valence-corrected chi connectivity index (χ3v) is 4.18. The van der Waals surface area contributed by atoms with E-state index in [2.05, 4.69) is 54.7 Å². The van der Waals surface area contributed by atoms with E-state index < -0.39 is 0 Å². The number of hydrogen-bond donors (Lipinski definition) is 1. The molecule has 0 bridgehead atoms. The first kappa shape index (κ1) is 15.9. The Bertz CT molecular complexity index is 530. The molecule has 0 fully saturated rings. The molecule has 1 atom stereocenters. The number of para-hydroxylation sites is 1. The highest BCUT2D eigenvalue weighted by molar-refractivity contribution is 7.99. The van der Waals surface area contributed by atoms with Crippen molar-refractivity contribution in [3.8, 4) is 5.75 Å². The van der Waals surface area contributed by atoms with Crippen molar-refractivity contribution in [1.29, 1.82) is 0 Å². The van der Waals surface area contributed by atoms with Crippen LogP contribution in [0.1, 0.15) is 25.0 Å². The van der Waals surface area contributed by atoms with Crippen LogP contribution >= 0.6 is 11.8 Å². The van der Waals surface area contributed by atoms with Crippen molar-refractivity contribution in [2.75, 3.05) is 19.3 Å². The summed E-state index contributed by atoms with van der Waals surface area (Å²) in [7, 11) is 1.98. The summed E-state index contributed by atoms with van der Waals surface area (Å²) in [5, 5.41) is 3.21. The molecular formula is C18H23NOS. The number of thioether (sulfide) groups is 1. The van der Waals surface area contributed by atoms with E-state index in [-0.39, 0.29) is 6.10 Å². The minimum absolute atomic E-state index is 0.0808. The molecule has 1 unspecified atom stereocenters. The van der Waals surface area contributed by atoms with E-state index in [9.17, 15) is 0 Å². The predicted molar refractivity (Wildman–Crippen MR) is 91.2 cm³/mol. The van der Waals surface area contributed by atoms with Crippen LogP contribution in [0.25, 0.3) is 0 Å². The van der Waals surface area contributed by atoms with Crippen LogP contribution in [0.3, 0.4) is 0 Å². The second-order valence-corrected chi connectivity index (χ2v) is 6.10. The van der Waals surface area contributed by atoms with Crippen molar-refractivity contribution < 1.29 is 4.74 Å². The molecule has 0 heterocycles. The number of benzene rings is 2. The summed E-state index contributed by atoms with van der Waals surface area (Å²) in [6.45, 7) is 3.10. The number of ether oxygens (including phenoxy) is 1. The molecule has 2 nitrogen and oxygen atoms in total. The van der Waals surface area contributed by atoms with Crippen LogP contribution in [0.5, 0.6) is 5.75 Å². The molecule has 0 saturated heterocycles. The molecule has 0 aliphatic carbocycles. The molecule has 2 aromatic carbocycles. The van der Waals surface area contributed by atoms with Crippen LogP contribution in [-0.4, -0.2) is 19.3 Å². The molecular weight excluding hydrogens is 278 g/mol. The number of rotatable bonds is 8. The van der Waals surface area contributed by atoms with Gasteiger partial charge in [-0.3, -0.25) is 0 Å². The fourth-order valence-corrected chi connectivity index (χ4v) is 2.96. The van der Waals surface area contributed by atoms with Gasteiger partial charge in [-0.05, 0) is 37.0 Å². The first-order valence-electron chi connectivity index (χ1n) is 7.43. The second kappa shape index (κ2) is 8.75. The Balaban J connectivity index is 2.19. The highest BCUT2D eigenvalue weighted by Crippen LogP contribution is 2.33. The normalized spacial score (nSPS) is 12.1. The lowest BCUT2D eigenvalue weighted by Gasteiger charge is -2.21. The van der Waals surface area contributed by atoms with Gasteiger partial charge in [0, 0.05) is 11.3 Å². The van der Waals surface area contributed by atoms with Gasteiger partial charge in [0.05, 0.1) is 0 Å². The summed E-state index contributed by atoms with van der Waals surface area (Å²) in [6.07, 6.45) is 1.03. The summed E-state index contributed by atoms with van der Waals surface area (Å²) in [5.74, 6) is 2.03. The molecule has 0 spiro atoms. The van der Waals surface area contributed by atoms with Gasteiger partial charge in [0.2, 0.25) is 0 Å². The minimum Gasteiger partial charge on any atom is -0.485 e. The molecule has 2 rings (SSSR count). The molecule has 0 aromatic heterocycles. The van der Waals surface area contributed by atoms with Crippen LogP contribution in [-0.2, 0) is 0 Å². The van der Waals surface area contributed by atoms with Crippen molar-refractivity contribution in [3.63, 3.8) is 0 Å².